The zero-order chi connectivity index (χ0) is 12.5. The molecule has 2 aliphatic carbocycles. The molecule has 4 heteroatoms. The molecule has 1 spiro atoms. The molecule has 2 aliphatic heterocycles. The number of carbonyl (C=O) groups is 1. The van der Waals surface area contributed by atoms with E-state index in [1.165, 1.54) is 13.3 Å². The quantitative estimate of drug-likeness (QED) is 0.416. The van der Waals surface area contributed by atoms with Crippen molar-refractivity contribution in [1.29, 1.82) is 0 Å². The Labute approximate surface area is 111 Å². The fraction of sp³-hybridized carbons (Fsp3) is 0.786. The van der Waals surface area contributed by atoms with Gasteiger partial charge in [0.1, 0.15) is 6.10 Å². The van der Waals surface area contributed by atoms with Crippen molar-refractivity contribution in [1.82, 2.24) is 0 Å². The molecule has 0 radical (unpaired) electrons. The van der Waals surface area contributed by atoms with Crippen LogP contribution in [0.15, 0.2) is 12.2 Å². The number of fused-ring (bicyclic) bond motifs is 4. The van der Waals surface area contributed by atoms with Crippen molar-refractivity contribution in [2.45, 2.75) is 55.8 Å². The lowest BCUT2D eigenvalue weighted by molar-refractivity contribution is -0.152. The van der Waals surface area contributed by atoms with Gasteiger partial charge in [0.15, 0.2) is 0 Å². The molecular formula is C14H17ClO3. The average Bonchev–Trinajstić information content (AvgIpc) is 2.61. The van der Waals surface area contributed by atoms with E-state index in [0.717, 1.165) is 19.3 Å². The van der Waals surface area contributed by atoms with E-state index in [1.807, 2.05) is 0 Å². The Balaban J connectivity index is 1.76. The molecule has 0 aromatic rings. The highest BCUT2D eigenvalue weighted by atomic mass is 35.5. The van der Waals surface area contributed by atoms with Gasteiger partial charge in [-0.3, -0.25) is 4.79 Å². The SMILES string of the molecule is CC(=O)O[C@H]1CCCC[C@H]2C13[C@H]1C=C[C@H](O1)[C@]23Cl. The molecule has 2 saturated carbocycles. The van der Waals surface area contributed by atoms with E-state index in [1.54, 1.807) is 0 Å². The minimum atomic E-state index is -0.313. The summed E-state index contributed by atoms with van der Waals surface area (Å²) < 4.78 is 11.5. The van der Waals surface area contributed by atoms with E-state index in [2.05, 4.69) is 12.2 Å². The predicted octanol–water partition coefficient (Wildman–Crippen LogP) is 2.42. The minimum Gasteiger partial charge on any atom is -0.462 e. The third-order valence-electron chi connectivity index (χ3n) is 5.35. The molecule has 4 aliphatic rings. The van der Waals surface area contributed by atoms with Gasteiger partial charge in [0.25, 0.3) is 0 Å². The topological polar surface area (TPSA) is 35.5 Å². The second kappa shape index (κ2) is 3.31. The summed E-state index contributed by atoms with van der Waals surface area (Å²) in [6, 6.07) is 0. The zero-order valence-corrected chi connectivity index (χ0v) is 11.2. The van der Waals surface area contributed by atoms with Crippen LogP contribution in [-0.2, 0) is 14.3 Å². The molecule has 18 heavy (non-hydrogen) atoms. The van der Waals surface area contributed by atoms with Gasteiger partial charge < -0.3 is 9.47 Å². The van der Waals surface area contributed by atoms with Crippen LogP contribution < -0.4 is 0 Å². The summed E-state index contributed by atoms with van der Waals surface area (Å²) in [4.78, 5) is 11.0. The van der Waals surface area contributed by atoms with E-state index >= 15 is 0 Å². The van der Waals surface area contributed by atoms with Crippen LogP contribution in [0.2, 0.25) is 0 Å². The minimum absolute atomic E-state index is 0.0188. The number of ether oxygens (including phenoxy) is 2. The Morgan fingerprint density at radius 3 is 2.83 bits per heavy atom. The highest BCUT2D eigenvalue weighted by molar-refractivity contribution is 6.28. The van der Waals surface area contributed by atoms with E-state index in [4.69, 9.17) is 21.1 Å². The first kappa shape index (κ1) is 11.3. The summed E-state index contributed by atoms with van der Waals surface area (Å²) in [6.07, 6.45) is 8.56. The third kappa shape index (κ3) is 1.01. The molecule has 3 fully saturated rings. The molecule has 2 bridgehead atoms. The summed E-state index contributed by atoms with van der Waals surface area (Å²) in [5.74, 6) is 0.241. The highest BCUT2D eigenvalue weighted by Gasteiger charge is 2.89. The van der Waals surface area contributed by atoms with Gasteiger partial charge in [0.05, 0.1) is 22.5 Å². The Bertz CT molecular complexity index is 448. The molecule has 0 amide bonds. The maximum absolute atomic E-state index is 11.4. The van der Waals surface area contributed by atoms with Crippen LogP contribution in [-0.4, -0.2) is 29.2 Å². The highest BCUT2D eigenvalue weighted by Crippen LogP contribution is 2.81. The van der Waals surface area contributed by atoms with Crippen molar-refractivity contribution < 1.29 is 14.3 Å². The number of hydrogen-bond donors (Lipinski definition) is 0. The second-order valence-electron chi connectivity index (χ2n) is 6.00. The lowest BCUT2D eigenvalue weighted by atomic mass is 9.84. The normalized spacial score (nSPS) is 55.7. The Morgan fingerprint density at radius 2 is 2.06 bits per heavy atom. The smallest absolute Gasteiger partial charge is 0.302 e. The van der Waals surface area contributed by atoms with Crippen molar-refractivity contribution in [3.63, 3.8) is 0 Å². The summed E-state index contributed by atoms with van der Waals surface area (Å²) in [5.41, 5.74) is -0.143. The zero-order valence-electron chi connectivity index (χ0n) is 10.4. The van der Waals surface area contributed by atoms with Crippen LogP contribution >= 0.6 is 11.6 Å². The van der Waals surface area contributed by atoms with Crippen LogP contribution in [0.4, 0.5) is 0 Å². The molecule has 6 atom stereocenters. The lowest BCUT2D eigenvalue weighted by Gasteiger charge is -2.29. The maximum atomic E-state index is 11.4. The first-order valence-corrected chi connectivity index (χ1v) is 7.19. The molecule has 2 heterocycles. The first-order valence-electron chi connectivity index (χ1n) is 6.81. The number of esters is 1. The first-order chi connectivity index (χ1) is 8.61. The van der Waals surface area contributed by atoms with Gasteiger partial charge in [-0.1, -0.05) is 18.6 Å². The van der Waals surface area contributed by atoms with Gasteiger partial charge in [0, 0.05) is 6.92 Å². The molecule has 98 valence electrons. The molecule has 4 rings (SSSR count). The van der Waals surface area contributed by atoms with Crippen LogP contribution in [0, 0.1) is 11.3 Å². The second-order valence-corrected chi connectivity index (χ2v) is 6.62. The van der Waals surface area contributed by atoms with Gasteiger partial charge in [-0.25, -0.2) is 0 Å². The number of halogens is 1. The van der Waals surface area contributed by atoms with Gasteiger partial charge >= 0.3 is 5.97 Å². The third-order valence-corrected chi connectivity index (χ3v) is 6.16. The molecule has 1 saturated heterocycles. The van der Waals surface area contributed by atoms with Crippen molar-refractivity contribution in [2.24, 2.45) is 11.3 Å². The summed E-state index contributed by atoms with van der Waals surface area (Å²) in [5, 5.41) is 0. The maximum Gasteiger partial charge on any atom is 0.302 e. The van der Waals surface area contributed by atoms with Crippen LogP contribution in [0.3, 0.4) is 0 Å². The monoisotopic (exact) mass is 268 g/mol. The fourth-order valence-electron chi connectivity index (χ4n) is 4.79. The van der Waals surface area contributed by atoms with Crippen LogP contribution in [0.1, 0.15) is 32.6 Å². The average molecular weight is 269 g/mol. The number of alkyl halides is 1. The standard InChI is InChI=1S/C14H17ClO3/c1-8(16)17-10-5-3-2-4-9-13(10)11-6-7-12(18-11)14(9,13)15/h6-7,9-12H,2-5H2,1H3/t9-,10-,11+,12-,13?,14+/m0/s1. The summed E-state index contributed by atoms with van der Waals surface area (Å²) >= 11 is 6.88. The van der Waals surface area contributed by atoms with Crippen molar-refractivity contribution >= 4 is 17.6 Å². The van der Waals surface area contributed by atoms with Gasteiger partial charge in [0.2, 0.25) is 0 Å². The number of hydrogen-bond acceptors (Lipinski definition) is 3. The van der Waals surface area contributed by atoms with E-state index in [9.17, 15) is 4.79 Å². The van der Waals surface area contributed by atoms with Crippen LogP contribution in [0.25, 0.3) is 0 Å². The predicted molar refractivity (Wildman–Crippen MR) is 66.3 cm³/mol. The Kier molecular flexibility index (Phi) is 2.08. The Morgan fingerprint density at radius 1 is 1.33 bits per heavy atom. The van der Waals surface area contributed by atoms with Gasteiger partial charge in [-0.15, -0.1) is 11.6 Å². The molecular weight excluding hydrogens is 252 g/mol. The Hall–Kier alpha value is -0.540. The number of rotatable bonds is 1. The summed E-state index contributed by atoms with van der Waals surface area (Å²) in [6.45, 7) is 1.48. The van der Waals surface area contributed by atoms with E-state index in [-0.39, 0.29) is 34.6 Å². The fourth-order valence-corrected chi connectivity index (χ4v) is 5.51. The number of carbonyl (C=O) groups excluding carboxylic acids is 1. The molecule has 0 N–H and O–H groups in total. The van der Waals surface area contributed by atoms with E-state index in [0.29, 0.717) is 5.92 Å². The van der Waals surface area contributed by atoms with Gasteiger partial charge in [-0.2, -0.15) is 0 Å². The van der Waals surface area contributed by atoms with Crippen molar-refractivity contribution in [3.8, 4) is 0 Å². The van der Waals surface area contributed by atoms with Gasteiger partial charge in [-0.05, 0) is 25.2 Å². The van der Waals surface area contributed by atoms with Crippen LogP contribution in [0.5, 0.6) is 0 Å². The molecule has 0 aromatic heterocycles. The molecule has 1 unspecified atom stereocenters. The van der Waals surface area contributed by atoms with E-state index < -0.39 is 0 Å². The molecule has 3 nitrogen and oxygen atoms in total. The summed E-state index contributed by atoms with van der Waals surface area (Å²) in [7, 11) is 0. The lowest BCUT2D eigenvalue weighted by Crippen LogP contribution is -2.38. The van der Waals surface area contributed by atoms with Crippen molar-refractivity contribution in [3.05, 3.63) is 12.2 Å². The largest absolute Gasteiger partial charge is 0.462 e. The molecule has 0 aromatic carbocycles. The van der Waals surface area contributed by atoms with Crippen molar-refractivity contribution in [2.75, 3.05) is 0 Å².